The second-order valence-electron chi connectivity index (χ2n) is 9.05. The highest BCUT2D eigenvalue weighted by atomic mass is 33.8. The molecule has 0 spiro atoms. The molecule has 0 aliphatic heterocycles. The predicted molar refractivity (Wildman–Crippen MR) is 137 cm³/mol. The third kappa shape index (κ3) is 8.03. The fourth-order valence-electron chi connectivity index (χ4n) is 3.05. The van der Waals surface area contributed by atoms with Gasteiger partial charge in [0.2, 0.25) is 0 Å². The van der Waals surface area contributed by atoms with Crippen molar-refractivity contribution in [1.29, 1.82) is 0 Å². The van der Waals surface area contributed by atoms with Crippen LogP contribution in [0.25, 0.3) is 0 Å². The molecule has 0 N–H and O–H groups in total. The first-order chi connectivity index (χ1) is 12.0. The van der Waals surface area contributed by atoms with Gasteiger partial charge >= 0.3 is 0 Å². The largest absolute Gasteiger partial charge is 0.0939 e. The third-order valence-corrected chi connectivity index (χ3v) is 21.6. The van der Waals surface area contributed by atoms with Crippen LogP contribution in [0.15, 0.2) is 0 Å². The maximum absolute atomic E-state index is 2.55. The van der Waals surface area contributed by atoms with Crippen molar-refractivity contribution in [2.45, 2.75) is 118 Å². The topological polar surface area (TPSA) is 0 Å². The summed E-state index contributed by atoms with van der Waals surface area (Å²) in [6.45, 7) is 24.5. The standard InChI is InChI=1S/C22H48S4/c1-11-15-16-19(5)25-26(23-17-12-2,24-18-13-3)20(14-4)22(9,10)21(6,7)8/h19-20H,11-18H2,1-10H3. The Kier molecular flexibility index (Phi) is 13.5. The van der Waals surface area contributed by atoms with Gasteiger partial charge in [-0.15, -0.1) is 0 Å². The summed E-state index contributed by atoms with van der Waals surface area (Å²) < 4.78 is 0. The van der Waals surface area contributed by atoms with Crippen LogP contribution in [0.4, 0.5) is 0 Å². The number of hydrogen-bond donors (Lipinski definition) is 0. The maximum Gasteiger partial charge on any atom is 0.0204 e. The summed E-state index contributed by atoms with van der Waals surface area (Å²) in [7, 11) is 6.28. The van der Waals surface area contributed by atoms with E-state index in [-0.39, 0.29) is 0 Å². The molecular weight excluding hydrogens is 393 g/mol. The van der Waals surface area contributed by atoms with Crippen molar-refractivity contribution in [3.63, 3.8) is 0 Å². The lowest BCUT2D eigenvalue weighted by atomic mass is 9.66. The summed E-state index contributed by atoms with van der Waals surface area (Å²) in [6.07, 6.45) is 7.97. The van der Waals surface area contributed by atoms with Gasteiger partial charge in [0.1, 0.15) is 0 Å². The molecule has 26 heavy (non-hydrogen) atoms. The SMILES string of the molecule is CCCCC(C)SS(SCCC)(SCCC)C(CC)C(C)(C)C(C)(C)C. The van der Waals surface area contributed by atoms with Crippen LogP contribution in [-0.2, 0) is 0 Å². The number of unbranched alkanes of at least 4 members (excludes halogenated alkanes) is 1. The van der Waals surface area contributed by atoms with E-state index in [2.05, 4.69) is 102 Å². The number of hydrogen-bond acceptors (Lipinski definition) is 3. The van der Waals surface area contributed by atoms with Gasteiger partial charge < -0.3 is 0 Å². The molecule has 0 rings (SSSR count). The van der Waals surface area contributed by atoms with E-state index in [4.69, 9.17) is 0 Å². The first-order valence-electron chi connectivity index (χ1n) is 10.8. The monoisotopic (exact) mass is 440 g/mol. The van der Waals surface area contributed by atoms with Crippen LogP contribution in [0.5, 0.6) is 0 Å². The van der Waals surface area contributed by atoms with Crippen LogP contribution < -0.4 is 0 Å². The smallest absolute Gasteiger partial charge is 0.0204 e. The highest BCUT2D eigenvalue weighted by molar-refractivity contribution is 9.48. The van der Waals surface area contributed by atoms with E-state index in [0.717, 1.165) is 10.5 Å². The highest BCUT2D eigenvalue weighted by Gasteiger charge is 2.49. The maximum atomic E-state index is 2.55. The van der Waals surface area contributed by atoms with E-state index in [1.807, 2.05) is 0 Å². The molecule has 2 unspecified atom stereocenters. The molecule has 0 saturated heterocycles. The molecular formula is C22H48S4. The highest BCUT2D eigenvalue weighted by Crippen LogP contribution is 2.85. The summed E-state index contributed by atoms with van der Waals surface area (Å²) in [5.41, 5.74) is 0.675. The zero-order valence-corrected chi connectivity index (χ0v) is 22.7. The van der Waals surface area contributed by atoms with E-state index < -0.39 is 7.12 Å². The van der Waals surface area contributed by atoms with E-state index in [9.17, 15) is 0 Å². The van der Waals surface area contributed by atoms with Gasteiger partial charge in [-0.25, -0.2) is 0 Å². The molecule has 0 aromatic carbocycles. The Balaban J connectivity index is 5.92. The Morgan fingerprint density at radius 2 is 1.31 bits per heavy atom. The lowest BCUT2D eigenvalue weighted by Gasteiger charge is -2.55. The molecule has 0 fully saturated rings. The molecule has 160 valence electrons. The molecule has 0 aliphatic rings. The van der Waals surface area contributed by atoms with Crippen LogP contribution in [-0.4, -0.2) is 22.0 Å². The van der Waals surface area contributed by atoms with Gasteiger partial charge in [-0.05, 0) is 36.5 Å². The zero-order chi connectivity index (χ0) is 20.4. The Hall–Kier alpha value is 1.40. The summed E-state index contributed by atoms with van der Waals surface area (Å²) >= 11 is 0. The summed E-state index contributed by atoms with van der Waals surface area (Å²) in [6, 6.07) is 0. The summed E-state index contributed by atoms with van der Waals surface area (Å²) in [4.78, 5) is 0. The van der Waals surface area contributed by atoms with Gasteiger partial charge in [0.25, 0.3) is 0 Å². The van der Waals surface area contributed by atoms with Crippen molar-refractivity contribution in [3.8, 4) is 0 Å². The summed E-state index contributed by atoms with van der Waals surface area (Å²) in [5, 5.41) is 1.57. The van der Waals surface area contributed by atoms with Gasteiger partial charge in [-0.3, -0.25) is 0 Å². The Labute approximate surface area is 179 Å². The van der Waals surface area contributed by atoms with Crippen LogP contribution in [0.1, 0.15) is 108 Å². The van der Waals surface area contributed by atoms with Crippen molar-refractivity contribution < 1.29 is 0 Å². The lowest BCUT2D eigenvalue weighted by Crippen LogP contribution is -2.41. The number of rotatable bonds is 14. The lowest BCUT2D eigenvalue weighted by molar-refractivity contribution is 0.126. The first kappa shape index (κ1) is 27.4. The molecule has 0 heterocycles. The van der Waals surface area contributed by atoms with Crippen LogP contribution >= 0.6 is 39.5 Å². The van der Waals surface area contributed by atoms with Crippen molar-refractivity contribution in [3.05, 3.63) is 0 Å². The fourth-order valence-corrected chi connectivity index (χ4v) is 22.5. The Morgan fingerprint density at radius 3 is 1.65 bits per heavy atom. The van der Waals surface area contributed by atoms with Gasteiger partial charge in [-0.2, -0.15) is 0 Å². The molecule has 0 aliphatic carbocycles. The van der Waals surface area contributed by atoms with Gasteiger partial charge in [0, 0.05) is 22.0 Å². The van der Waals surface area contributed by atoms with Gasteiger partial charge in [0.15, 0.2) is 0 Å². The second-order valence-corrected chi connectivity index (χ2v) is 21.5. The Morgan fingerprint density at radius 1 is 0.808 bits per heavy atom. The van der Waals surface area contributed by atoms with E-state index in [0.29, 0.717) is 10.8 Å². The minimum atomic E-state index is -0.832. The summed E-state index contributed by atoms with van der Waals surface area (Å²) in [5.74, 6) is 2.63. The molecule has 4 heteroatoms. The van der Waals surface area contributed by atoms with Gasteiger partial charge in [-0.1, -0.05) is 122 Å². The average Bonchev–Trinajstić information content (AvgIpc) is 2.55. The van der Waals surface area contributed by atoms with Crippen molar-refractivity contribution in [2.75, 3.05) is 11.5 Å². The Bertz CT molecular complexity index is 352. The molecule has 0 amide bonds. The predicted octanol–water partition coefficient (Wildman–Crippen LogP) is 9.99. The first-order valence-corrected chi connectivity index (χ1v) is 16.9. The van der Waals surface area contributed by atoms with Crippen molar-refractivity contribution in [2.24, 2.45) is 10.8 Å². The molecule has 2 atom stereocenters. The van der Waals surface area contributed by atoms with Crippen molar-refractivity contribution >= 4 is 39.5 Å². The third-order valence-electron chi connectivity index (χ3n) is 5.62. The molecule has 0 bridgehead atoms. The molecule has 0 aromatic rings. The van der Waals surface area contributed by atoms with Crippen molar-refractivity contribution in [1.82, 2.24) is 0 Å². The van der Waals surface area contributed by atoms with Crippen LogP contribution in [0.2, 0.25) is 0 Å². The van der Waals surface area contributed by atoms with Crippen LogP contribution in [0, 0.1) is 10.8 Å². The molecule has 0 aromatic heterocycles. The average molecular weight is 441 g/mol. The second kappa shape index (κ2) is 12.9. The van der Waals surface area contributed by atoms with Crippen LogP contribution in [0.3, 0.4) is 0 Å². The normalized spacial score (nSPS) is 16.5. The minimum Gasteiger partial charge on any atom is -0.0939 e. The quantitative estimate of drug-likeness (QED) is 0.246. The van der Waals surface area contributed by atoms with E-state index in [1.165, 1.54) is 50.0 Å². The molecule has 0 radical (unpaired) electrons. The molecule has 0 saturated carbocycles. The van der Waals surface area contributed by atoms with Gasteiger partial charge in [0.05, 0.1) is 0 Å². The fraction of sp³-hybridized carbons (Fsp3) is 1.00. The molecule has 0 nitrogen and oxygen atoms in total. The van der Waals surface area contributed by atoms with E-state index in [1.54, 1.807) is 0 Å². The zero-order valence-electron chi connectivity index (χ0n) is 19.4. The minimum absolute atomic E-state index is 0.332. The van der Waals surface area contributed by atoms with E-state index >= 15 is 0 Å².